The topological polar surface area (TPSA) is 54.7 Å². The molecule has 13 heavy (non-hydrogen) atoms. The van der Waals surface area contributed by atoms with Gasteiger partial charge in [-0.15, -0.1) is 0 Å². The molecule has 3 rings (SSSR count). The molecule has 1 heterocycles. The number of nitrogens with two attached hydrogens (primary N) is 1. The van der Waals surface area contributed by atoms with Gasteiger partial charge in [-0.2, -0.15) is 5.10 Å². The van der Waals surface area contributed by atoms with E-state index >= 15 is 0 Å². The largest absolute Gasteiger partial charge is 0.330 e. The fourth-order valence-corrected chi connectivity index (χ4v) is 2.90. The van der Waals surface area contributed by atoms with Crippen LogP contribution in [0.15, 0.2) is 6.20 Å². The van der Waals surface area contributed by atoms with Crippen molar-refractivity contribution in [3.05, 3.63) is 17.5 Å². The number of nitrogens with one attached hydrogen (secondary N) is 1. The quantitative estimate of drug-likeness (QED) is 0.671. The van der Waals surface area contributed by atoms with Gasteiger partial charge in [-0.05, 0) is 43.7 Å². The minimum Gasteiger partial charge on any atom is -0.330 e. The average molecular weight is 177 g/mol. The Balaban J connectivity index is 2.06. The average Bonchev–Trinajstić information content (AvgIpc) is 2.78. The lowest BCUT2D eigenvalue weighted by molar-refractivity contribution is 0.360. The van der Waals surface area contributed by atoms with Gasteiger partial charge >= 0.3 is 0 Å². The number of hydrogen-bond donors (Lipinski definition) is 2. The normalized spacial score (nSPS) is 28.8. The zero-order valence-corrected chi connectivity index (χ0v) is 7.71. The molecule has 0 aliphatic heterocycles. The molecule has 1 unspecified atom stereocenters. The standard InChI is InChI=1S/C10H15N3/c11-5-7-1-2-9-8(6-12-13-9)10(7)3-4-10/h6-7H,1-5,11H2,(H,12,13). The maximum Gasteiger partial charge on any atom is 0.0527 e. The lowest BCUT2D eigenvalue weighted by Crippen LogP contribution is -2.32. The third-order valence-corrected chi connectivity index (χ3v) is 3.85. The van der Waals surface area contributed by atoms with Crippen LogP contribution >= 0.6 is 0 Å². The van der Waals surface area contributed by atoms with Crippen LogP contribution in [0.2, 0.25) is 0 Å². The molecule has 3 nitrogen and oxygen atoms in total. The van der Waals surface area contributed by atoms with Crippen molar-refractivity contribution in [3.8, 4) is 0 Å². The first kappa shape index (κ1) is 7.56. The summed E-state index contributed by atoms with van der Waals surface area (Å²) < 4.78 is 0. The maximum atomic E-state index is 5.81. The van der Waals surface area contributed by atoms with Crippen molar-refractivity contribution in [1.82, 2.24) is 10.2 Å². The third kappa shape index (κ3) is 0.854. The highest BCUT2D eigenvalue weighted by Crippen LogP contribution is 2.57. The molecule has 1 atom stereocenters. The second-order valence-corrected chi connectivity index (χ2v) is 4.39. The predicted octanol–water partition coefficient (Wildman–Crippen LogP) is 0.962. The molecule has 0 radical (unpaired) electrons. The number of nitrogens with zero attached hydrogens (tertiary/aromatic N) is 1. The first-order valence-corrected chi connectivity index (χ1v) is 5.09. The van der Waals surface area contributed by atoms with E-state index in [1.807, 2.05) is 6.20 Å². The van der Waals surface area contributed by atoms with Crippen molar-refractivity contribution < 1.29 is 0 Å². The second kappa shape index (κ2) is 2.35. The zero-order valence-electron chi connectivity index (χ0n) is 7.71. The smallest absolute Gasteiger partial charge is 0.0527 e. The van der Waals surface area contributed by atoms with E-state index in [2.05, 4.69) is 10.2 Å². The summed E-state index contributed by atoms with van der Waals surface area (Å²) in [5.41, 5.74) is 9.08. The van der Waals surface area contributed by atoms with E-state index in [1.54, 1.807) is 0 Å². The number of aromatic amines is 1. The Labute approximate surface area is 77.7 Å². The molecule has 1 saturated carbocycles. The number of aromatic nitrogens is 2. The molecule has 1 aromatic heterocycles. The van der Waals surface area contributed by atoms with Gasteiger partial charge in [0.15, 0.2) is 0 Å². The van der Waals surface area contributed by atoms with Gasteiger partial charge in [0.05, 0.1) is 6.20 Å². The summed E-state index contributed by atoms with van der Waals surface area (Å²) >= 11 is 0. The van der Waals surface area contributed by atoms with Crippen molar-refractivity contribution >= 4 is 0 Å². The zero-order chi connectivity index (χ0) is 8.89. The summed E-state index contributed by atoms with van der Waals surface area (Å²) in [6, 6.07) is 0. The van der Waals surface area contributed by atoms with Crippen molar-refractivity contribution in [2.45, 2.75) is 31.1 Å². The minimum atomic E-state index is 0.440. The van der Waals surface area contributed by atoms with Crippen LogP contribution in [-0.2, 0) is 11.8 Å². The summed E-state index contributed by atoms with van der Waals surface area (Å²) in [7, 11) is 0. The number of aryl methyl sites for hydroxylation is 1. The van der Waals surface area contributed by atoms with Crippen molar-refractivity contribution in [3.63, 3.8) is 0 Å². The van der Waals surface area contributed by atoms with Crippen LogP contribution in [-0.4, -0.2) is 16.7 Å². The third-order valence-electron chi connectivity index (χ3n) is 3.85. The van der Waals surface area contributed by atoms with E-state index in [9.17, 15) is 0 Å². The Bertz CT molecular complexity index is 325. The van der Waals surface area contributed by atoms with E-state index < -0.39 is 0 Å². The SMILES string of the molecule is NCC1CCc2[nH]ncc2C12CC2. The Morgan fingerprint density at radius 2 is 2.46 bits per heavy atom. The summed E-state index contributed by atoms with van der Waals surface area (Å²) in [4.78, 5) is 0. The van der Waals surface area contributed by atoms with E-state index in [0.717, 1.165) is 13.0 Å². The summed E-state index contributed by atoms with van der Waals surface area (Å²) in [5.74, 6) is 0.706. The fraction of sp³-hybridized carbons (Fsp3) is 0.700. The molecule has 2 aliphatic carbocycles. The Kier molecular flexibility index (Phi) is 1.37. The second-order valence-electron chi connectivity index (χ2n) is 4.39. The maximum absolute atomic E-state index is 5.81. The molecule has 1 fully saturated rings. The van der Waals surface area contributed by atoms with Gasteiger partial charge in [0.1, 0.15) is 0 Å². The van der Waals surface area contributed by atoms with Crippen LogP contribution in [0.4, 0.5) is 0 Å². The highest BCUT2D eigenvalue weighted by molar-refractivity contribution is 5.37. The highest BCUT2D eigenvalue weighted by Gasteiger charge is 2.53. The molecule has 0 amide bonds. The fourth-order valence-electron chi connectivity index (χ4n) is 2.90. The van der Waals surface area contributed by atoms with Crippen LogP contribution < -0.4 is 5.73 Å². The van der Waals surface area contributed by atoms with E-state index in [0.29, 0.717) is 11.3 Å². The van der Waals surface area contributed by atoms with Crippen molar-refractivity contribution in [2.24, 2.45) is 11.7 Å². The first-order chi connectivity index (χ1) is 6.37. The summed E-state index contributed by atoms with van der Waals surface area (Å²) in [6.45, 7) is 0.838. The van der Waals surface area contributed by atoms with Gasteiger partial charge in [0, 0.05) is 11.1 Å². The molecule has 0 saturated heterocycles. The lowest BCUT2D eigenvalue weighted by Gasteiger charge is -2.30. The molecule has 3 N–H and O–H groups in total. The van der Waals surface area contributed by atoms with E-state index in [1.165, 1.54) is 30.5 Å². The van der Waals surface area contributed by atoms with E-state index in [4.69, 9.17) is 5.73 Å². The minimum absolute atomic E-state index is 0.440. The first-order valence-electron chi connectivity index (χ1n) is 5.09. The number of fused-ring (bicyclic) bond motifs is 2. The lowest BCUT2D eigenvalue weighted by atomic mass is 9.75. The molecule has 1 aromatic rings. The van der Waals surface area contributed by atoms with Crippen molar-refractivity contribution in [1.29, 1.82) is 0 Å². The summed E-state index contributed by atoms with van der Waals surface area (Å²) in [6.07, 6.45) is 7.04. The summed E-state index contributed by atoms with van der Waals surface area (Å²) in [5, 5.41) is 7.25. The highest BCUT2D eigenvalue weighted by atomic mass is 15.1. The van der Waals surface area contributed by atoms with Gasteiger partial charge in [-0.3, -0.25) is 5.10 Å². The van der Waals surface area contributed by atoms with E-state index in [-0.39, 0.29) is 0 Å². The molecule has 0 aromatic carbocycles. The molecule has 70 valence electrons. The Morgan fingerprint density at radius 1 is 1.62 bits per heavy atom. The van der Waals surface area contributed by atoms with Gasteiger partial charge < -0.3 is 5.73 Å². The van der Waals surface area contributed by atoms with Gasteiger partial charge in [0.2, 0.25) is 0 Å². The van der Waals surface area contributed by atoms with Crippen molar-refractivity contribution in [2.75, 3.05) is 6.54 Å². The van der Waals surface area contributed by atoms with Crippen LogP contribution in [0.1, 0.15) is 30.5 Å². The molecular formula is C10H15N3. The Hall–Kier alpha value is -0.830. The molecule has 3 heteroatoms. The number of hydrogen-bond acceptors (Lipinski definition) is 2. The molecular weight excluding hydrogens is 162 g/mol. The van der Waals surface area contributed by atoms with Crippen LogP contribution in [0.5, 0.6) is 0 Å². The number of H-pyrrole nitrogens is 1. The van der Waals surface area contributed by atoms with Crippen LogP contribution in [0.25, 0.3) is 0 Å². The van der Waals surface area contributed by atoms with Gasteiger partial charge in [0.25, 0.3) is 0 Å². The van der Waals surface area contributed by atoms with Gasteiger partial charge in [-0.1, -0.05) is 0 Å². The molecule has 2 aliphatic rings. The van der Waals surface area contributed by atoms with Gasteiger partial charge in [-0.25, -0.2) is 0 Å². The number of rotatable bonds is 1. The van der Waals surface area contributed by atoms with Crippen LogP contribution in [0.3, 0.4) is 0 Å². The molecule has 0 bridgehead atoms. The van der Waals surface area contributed by atoms with Crippen LogP contribution in [0, 0.1) is 5.92 Å². The molecule has 1 spiro atoms. The Morgan fingerprint density at radius 3 is 3.15 bits per heavy atom. The monoisotopic (exact) mass is 177 g/mol. The predicted molar refractivity (Wildman–Crippen MR) is 50.4 cm³/mol.